The molecule has 0 radical (unpaired) electrons. The molecule has 0 atom stereocenters. The highest BCUT2D eigenvalue weighted by Crippen LogP contribution is 2.38. The molecule has 0 saturated carbocycles. The molecule has 29 heavy (non-hydrogen) atoms. The van der Waals surface area contributed by atoms with Crippen LogP contribution in [0.4, 0.5) is 5.69 Å². The number of nitrogens with zero attached hydrogens (tertiary/aromatic N) is 4. The maximum atomic E-state index is 13.3. The monoisotopic (exact) mass is 406 g/mol. The van der Waals surface area contributed by atoms with E-state index in [1.54, 1.807) is 11.3 Å². The Morgan fingerprint density at radius 1 is 1.07 bits per heavy atom. The molecule has 150 valence electrons. The Morgan fingerprint density at radius 2 is 1.86 bits per heavy atom. The maximum absolute atomic E-state index is 13.3. The molecule has 0 spiro atoms. The lowest BCUT2D eigenvalue weighted by Gasteiger charge is -2.36. The van der Waals surface area contributed by atoms with Gasteiger partial charge in [-0.25, -0.2) is 0 Å². The largest absolute Gasteiger partial charge is 0.368 e. The fourth-order valence-corrected chi connectivity index (χ4v) is 5.64. The molecule has 1 amide bonds. The minimum atomic E-state index is 0.0841. The quantitative estimate of drug-likeness (QED) is 0.650. The summed E-state index contributed by atoms with van der Waals surface area (Å²) in [6.45, 7) is 7.49. The number of amides is 1. The molecule has 2 aliphatic rings. The van der Waals surface area contributed by atoms with Gasteiger partial charge in [0, 0.05) is 54.9 Å². The highest BCUT2D eigenvalue weighted by Gasteiger charge is 2.31. The van der Waals surface area contributed by atoms with Gasteiger partial charge in [-0.3, -0.25) is 9.48 Å². The van der Waals surface area contributed by atoms with E-state index in [1.807, 2.05) is 16.6 Å². The van der Waals surface area contributed by atoms with E-state index < -0.39 is 0 Å². The molecular weight excluding hydrogens is 380 g/mol. The minimum absolute atomic E-state index is 0.0841. The average Bonchev–Trinajstić information content (AvgIpc) is 3.32. The topological polar surface area (TPSA) is 41.4 Å². The number of hydrogen-bond donors (Lipinski definition) is 0. The zero-order valence-corrected chi connectivity index (χ0v) is 18.1. The molecule has 1 aromatic carbocycles. The van der Waals surface area contributed by atoms with Gasteiger partial charge in [0.2, 0.25) is 0 Å². The van der Waals surface area contributed by atoms with Crippen LogP contribution in [0, 0.1) is 13.8 Å². The van der Waals surface area contributed by atoms with Crippen LogP contribution in [0.25, 0.3) is 11.3 Å². The zero-order chi connectivity index (χ0) is 20.1. The van der Waals surface area contributed by atoms with E-state index in [9.17, 15) is 4.79 Å². The lowest BCUT2D eigenvalue weighted by atomic mass is 9.94. The third-order valence-electron chi connectivity index (χ3n) is 6.21. The molecule has 2 aromatic heterocycles. The Balaban J connectivity index is 1.35. The van der Waals surface area contributed by atoms with Crippen LogP contribution in [0.3, 0.4) is 0 Å². The lowest BCUT2D eigenvalue weighted by molar-refractivity contribution is 0.0739. The number of fused-ring (bicyclic) bond motifs is 3. The van der Waals surface area contributed by atoms with Gasteiger partial charge >= 0.3 is 0 Å². The predicted molar refractivity (Wildman–Crippen MR) is 118 cm³/mol. The van der Waals surface area contributed by atoms with Gasteiger partial charge in [0.25, 0.3) is 5.91 Å². The molecular formula is C23H26N4OS. The molecule has 6 heteroatoms. The van der Waals surface area contributed by atoms with Crippen LogP contribution < -0.4 is 4.90 Å². The van der Waals surface area contributed by atoms with Crippen molar-refractivity contribution in [3.05, 3.63) is 56.9 Å². The molecule has 1 saturated heterocycles. The average molecular weight is 407 g/mol. The second-order valence-corrected chi connectivity index (χ2v) is 9.13. The van der Waals surface area contributed by atoms with Crippen molar-refractivity contribution in [2.45, 2.75) is 26.7 Å². The maximum Gasteiger partial charge on any atom is 0.274 e. The summed E-state index contributed by atoms with van der Waals surface area (Å²) < 4.78 is 1.90. The van der Waals surface area contributed by atoms with E-state index in [0.29, 0.717) is 5.69 Å². The van der Waals surface area contributed by atoms with Crippen LogP contribution in [-0.4, -0.2) is 46.8 Å². The number of piperazine rings is 1. The van der Waals surface area contributed by atoms with Gasteiger partial charge in [-0.05, 0) is 49.8 Å². The lowest BCUT2D eigenvalue weighted by Crippen LogP contribution is -2.49. The first-order valence-corrected chi connectivity index (χ1v) is 11.1. The number of anilines is 1. The normalized spacial score (nSPS) is 16.0. The van der Waals surface area contributed by atoms with Gasteiger partial charge in [-0.1, -0.05) is 17.7 Å². The fourth-order valence-electron chi connectivity index (χ4n) is 4.76. The molecule has 1 aliphatic heterocycles. The van der Waals surface area contributed by atoms with E-state index in [4.69, 9.17) is 0 Å². The van der Waals surface area contributed by atoms with Gasteiger partial charge in [-0.2, -0.15) is 5.10 Å². The number of aromatic nitrogens is 2. The number of hydrogen-bond acceptors (Lipinski definition) is 4. The molecule has 1 aliphatic carbocycles. The molecule has 5 nitrogen and oxygen atoms in total. The molecule has 5 rings (SSSR count). The summed E-state index contributed by atoms with van der Waals surface area (Å²) >= 11 is 1.80. The molecule has 0 unspecified atom stereocenters. The Labute approximate surface area is 175 Å². The van der Waals surface area contributed by atoms with Crippen LogP contribution in [0.5, 0.6) is 0 Å². The molecule has 3 heterocycles. The van der Waals surface area contributed by atoms with Gasteiger partial charge in [0.15, 0.2) is 5.69 Å². The van der Waals surface area contributed by atoms with Crippen LogP contribution in [-0.2, 0) is 19.9 Å². The first-order chi connectivity index (χ1) is 14.0. The highest BCUT2D eigenvalue weighted by atomic mass is 32.1. The summed E-state index contributed by atoms with van der Waals surface area (Å²) in [5.74, 6) is 0.0841. The van der Waals surface area contributed by atoms with E-state index in [2.05, 4.69) is 53.5 Å². The first kappa shape index (κ1) is 18.4. The summed E-state index contributed by atoms with van der Waals surface area (Å²) in [5, 5.41) is 6.80. The van der Waals surface area contributed by atoms with Crippen LogP contribution in [0.2, 0.25) is 0 Å². The minimum Gasteiger partial charge on any atom is -0.368 e. The first-order valence-electron chi connectivity index (χ1n) is 10.3. The molecule has 0 bridgehead atoms. The van der Waals surface area contributed by atoms with E-state index in [1.165, 1.54) is 27.3 Å². The SMILES string of the molecule is Cc1ccc(N2CCN(C(=O)c3nn(C)c4c3CCc3sccc3-4)CC2)c(C)c1. The van der Waals surface area contributed by atoms with Gasteiger partial charge < -0.3 is 9.80 Å². The van der Waals surface area contributed by atoms with Gasteiger partial charge in [0.1, 0.15) is 0 Å². The van der Waals surface area contributed by atoms with Crippen molar-refractivity contribution in [2.24, 2.45) is 7.05 Å². The number of aryl methyl sites for hydroxylation is 4. The van der Waals surface area contributed by atoms with Crippen molar-refractivity contribution in [3.8, 4) is 11.3 Å². The smallest absolute Gasteiger partial charge is 0.274 e. The number of carbonyl (C=O) groups excluding carboxylic acids is 1. The van der Waals surface area contributed by atoms with Crippen molar-refractivity contribution in [2.75, 3.05) is 31.1 Å². The van der Waals surface area contributed by atoms with Crippen molar-refractivity contribution in [1.82, 2.24) is 14.7 Å². The Hall–Kier alpha value is -2.60. The van der Waals surface area contributed by atoms with E-state index in [0.717, 1.165) is 50.3 Å². The van der Waals surface area contributed by atoms with E-state index >= 15 is 0 Å². The number of benzene rings is 1. The third kappa shape index (κ3) is 3.06. The molecule has 0 N–H and O–H groups in total. The summed E-state index contributed by atoms with van der Waals surface area (Å²) in [4.78, 5) is 19.1. The second kappa shape index (κ2) is 7.02. The molecule has 3 aromatic rings. The van der Waals surface area contributed by atoms with Gasteiger partial charge in [0.05, 0.1) is 5.69 Å². The standard InChI is InChI=1S/C23H26N4OS/c1-15-4-6-19(16(2)14-15)26-9-11-27(12-10-26)23(28)21-18-5-7-20-17(8-13-29-20)22(18)25(3)24-21/h4,6,8,13-14H,5,7,9-12H2,1-3H3. The summed E-state index contributed by atoms with van der Waals surface area (Å²) in [5.41, 5.74) is 8.03. The van der Waals surface area contributed by atoms with Crippen LogP contribution in [0.15, 0.2) is 29.6 Å². The van der Waals surface area contributed by atoms with Crippen LogP contribution in [0.1, 0.15) is 32.1 Å². The van der Waals surface area contributed by atoms with Crippen molar-refractivity contribution in [3.63, 3.8) is 0 Å². The van der Waals surface area contributed by atoms with Crippen LogP contribution >= 0.6 is 11.3 Å². The summed E-state index contributed by atoms with van der Waals surface area (Å²) in [7, 11) is 1.96. The Morgan fingerprint density at radius 3 is 2.62 bits per heavy atom. The Bertz CT molecular complexity index is 1090. The number of thiophene rings is 1. The molecule has 1 fully saturated rings. The van der Waals surface area contributed by atoms with Crippen molar-refractivity contribution < 1.29 is 4.79 Å². The third-order valence-corrected chi connectivity index (χ3v) is 7.19. The predicted octanol–water partition coefficient (Wildman–Crippen LogP) is 3.83. The second-order valence-electron chi connectivity index (χ2n) is 8.13. The number of rotatable bonds is 2. The number of carbonyl (C=O) groups is 1. The van der Waals surface area contributed by atoms with Crippen molar-refractivity contribution >= 4 is 22.9 Å². The Kier molecular flexibility index (Phi) is 4.46. The van der Waals surface area contributed by atoms with Gasteiger partial charge in [-0.15, -0.1) is 11.3 Å². The van der Waals surface area contributed by atoms with Crippen molar-refractivity contribution in [1.29, 1.82) is 0 Å². The fraction of sp³-hybridized carbons (Fsp3) is 0.391. The highest BCUT2D eigenvalue weighted by molar-refractivity contribution is 7.10. The van der Waals surface area contributed by atoms with E-state index in [-0.39, 0.29) is 5.91 Å². The summed E-state index contributed by atoms with van der Waals surface area (Å²) in [6.07, 6.45) is 1.91. The zero-order valence-electron chi connectivity index (χ0n) is 17.2. The summed E-state index contributed by atoms with van der Waals surface area (Å²) in [6, 6.07) is 8.76.